The number of nitrogens with zero attached hydrogens (tertiary/aromatic N) is 3. The Balaban J connectivity index is 2.01. The van der Waals surface area contributed by atoms with E-state index in [4.69, 9.17) is 0 Å². The highest BCUT2D eigenvalue weighted by Gasteiger charge is 2.10. The lowest BCUT2D eigenvalue weighted by Gasteiger charge is -2.12. The van der Waals surface area contributed by atoms with Crippen molar-refractivity contribution in [3.63, 3.8) is 0 Å². The average molecular weight is 328 g/mol. The van der Waals surface area contributed by atoms with Crippen LogP contribution in [-0.4, -0.2) is 28.5 Å². The van der Waals surface area contributed by atoms with E-state index >= 15 is 0 Å². The SMILES string of the molecule is CNc1ncc(Br)c(NCC(C)c2nccs2)n1. The third-order valence-corrected chi connectivity index (χ3v) is 4.00. The van der Waals surface area contributed by atoms with Gasteiger partial charge in [0.05, 0.1) is 9.48 Å². The van der Waals surface area contributed by atoms with Gasteiger partial charge < -0.3 is 10.6 Å². The molecule has 2 aromatic rings. The molecule has 0 aliphatic rings. The predicted molar refractivity (Wildman–Crippen MR) is 78.3 cm³/mol. The van der Waals surface area contributed by atoms with E-state index in [1.54, 1.807) is 24.6 Å². The molecule has 0 saturated heterocycles. The molecule has 0 saturated carbocycles. The van der Waals surface area contributed by atoms with E-state index in [1.807, 2.05) is 11.6 Å². The van der Waals surface area contributed by atoms with Crippen LogP contribution in [0.1, 0.15) is 17.8 Å². The van der Waals surface area contributed by atoms with Gasteiger partial charge in [-0.05, 0) is 15.9 Å². The molecule has 0 aliphatic carbocycles. The maximum Gasteiger partial charge on any atom is 0.224 e. The van der Waals surface area contributed by atoms with Gasteiger partial charge in [-0.1, -0.05) is 6.92 Å². The summed E-state index contributed by atoms with van der Waals surface area (Å²) in [4.78, 5) is 12.8. The van der Waals surface area contributed by atoms with Gasteiger partial charge in [-0.25, -0.2) is 9.97 Å². The van der Waals surface area contributed by atoms with Gasteiger partial charge in [0.2, 0.25) is 5.95 Å². The second kappa shape index (κ2) is 6.10. The zero-order valence-electron chi connectivity index (χ0n) is 10.1. The van der Waals surface area contributed by atoms with Crippen molar-refractivity contribution in [1.29, 1.82) is 0 Å². The van der Waals surface area contributed by atoms with Gasteiger partial charge in [0.25, 0.3) is 0 Å². The third-order valence-electron chi connectivity index (χ3n) is 2.42. The minimum atomic E-state index is 0.352. The van der Waals surface area contributed by atoms with Crippen molar-refractivity contribution >= 4 is 39.0 Å². The van der Waals surface area contributed by atoms with Crippen molar-refractivity contribution < 1.29 is 0 Å². The Kier molecular flexibility index (Phi) is 4.48. The van der Waals surface area contributed by atoms with Crippen molar-refractivity contribution in [2.24, 2.45) is 0 Å². The monoisotopic (exact) mass is 327 g/mol. The number of anilines is 2. The highest BCUT2D eigenvalue weighted by Crippen LogP contribution is 2.22. The van der Waals surface area contributed by atoms with Crippen LogP contribution in [0.2, 0.25) is 0 Å². The number of halogens is 1. The minimum absolute atomic E-state index is 0.352. The summed E-state index contributed by atoms with van der Waals surface area (Å²) in [6, 6.07) is 0. The number of hydrogen-bond acceptors (Lipinski definition) is 6. The Morgan fingerprint density at radius 2 is 2.28 bits per heavy atom. The first-order valence-corrected chi connectivity index (χ1v) is 7.21. The van der Waals surface area contributed by atoms with Crippen molar-refractivity contribution in [3.8, 4) is 0 Å². The molecule has 0 aromatic carbocycles. The molecule has 1 atom stereocenters. The first kappa shape index (κ1) is 13.2. The van der Waals surface area contributed by atoms with Crippen LogP contribution >= 0.6 is 27.3 Å². The molecule has 7 heteroatoms. The van der Waals surface area contributed by atoms with Crippen LogP contribution in [-0.2, 0) is 0 Å². The molecule has 5 nitrogen and oxygen atoms in total. The number of thiazole rings is 1. The number of rotatable bonds is 5. The van der Waals surface area contributed by atoms with E-state index in [2.05, 4.69) is 48.4 Å². The van der Waals surface area contributed by atoms with Crippen molar-refractivity contribution in [1.82, 2.24) is 15.0 Å². The molecule has 2 aromatic heterocycles. The maximum atomic E-state index is 4.35. The molecule has 2 heterocycles. The van der Waals surface area contributed by atoms with Crippen LogP contribution in [0.5, 0.6) is 0 Å². The summed E-state index contributed by atoms with van der Waals surface area (Å²) in [6.07, 6.45) is 3.56. The molecule has 1 unspecified atom stereocenters. The highest BCUT2D eigenvalue weighted by molar-refractivity contribution is 9.10. The second-order valence-corrected chi connectivity index (χ2v) is 5.57. The van der Waals surface area contributed by atoms with Crippen molar-refractivity contribution in [3.05, 3.63) is 27.3 Å². The van der Waals surface area contributed by atoms with E-state index in [1.165, 1.54) is 0 Å². The summed E-state index contributed by atoms with van der Waals surface area (Å²) in [5.41, 5.74) is 0. The molecule has 0 bridgehead atoms. The summed E-state index contributed by atoms with van der Waals surface area (Å²) in [6.45, 7) is 2.92. The fourth-order valence-electron chi connectivity index (χ4n) is 1.43. The lowest BCUT2D eigenvalue weighted by atomic mass is 10.2. The summed E-state index contributed by atoms with van der Waals surface area (Å²) in [5, 5.41) is 9.34. The zero-order valence-corrected chi connectivity index (χ0v) is 12.5. The maximum absolute atomic E-state index is 4.35. The lowest BCUT2D eigenvalue weighted by molar-refractivity contribution is 0.791. The Morgan fingerprint density at radius 3 is 2.94 bits per heavy atom. The van der Waals surface area contributed by atoms with Gasteiger partial charge in [-0.15, -0.1) is 11.3 Å². The van der Waals surface area contributed by atoms with Crippen molar-refractivity contribution in [2.75, 3.05) is 24.2 Å². The van der Waals surface area contributed by atoms with E-state index in [9.17, 15) is 0 Å². The number of hydrogen-bond donors (Lipinski definition) is 2. The first-order chi connectivity index (χ1) is 8.70. The molecule has 0 spiro atoms. The molecule has 0 amide bonds. The molecule has 96 valence electrons. The number of nitrogens with one attached hydrogen (secondary N) is 2. The van der Waals surface area contributed by atoms with E-state index in [-0.39, 0.29) is 0 Å². The van der Waals surface area contributed by atoms with Crippen LogP contribution in [0.3, 0.4) is 0 Å². The van der Waals surface area contributed by atoms with E-state index in [0.29, 0.717) is 11.9 Å². The minimum Gasteiger partial charge on any atom is -0.368 e. The smallest absolute Gasteiger partial charge is 0.224 e. The van der Waals surface area contributed by atoms with Gasteiger partial charge in [-0.2, -0.15) is 4.98 Å². The van der Waals surface area contributed by atoms with Crippen LogP contribution in [0.15, 0.2) is 22.2 Å². The Bertz CT molecular complexity index is 502. The third kappa shape index (κ3) is 3.17. The van der Waals surface area contributed by atoms with Crippen LogP contribution in [0.4, 0.5) is 11.8 Å². The lowest BCUT2D eigenvalue weighted by Crippen LogP contribution is -2.12. The quantitative estimate of drug-likeness (QED) is 0.884. The molecule has 2 N–H and O–H groups in total. The van der Waals surface area contributed by atoms with Gasteiger partial charge in [-0.3, -0.25) is 0 Å². The molecule has 0 radical (unpaired) electrons. The first-order valence-electron chi connectivity index (χ1n) is 5.54. The van der Waals surface area contributed by atoms with Gasteiger partial charge in [0, 0.05) is 37.3 Å². The molecular formula is C11H14BrN5S. The fourth-order valence-corrected chi connectivity index (χ4v) is 2.46. The molecule has 0 fully saturated rings. The standard InChI is InChI=1S/C11H14BrN5S/c1-7(10-14-3-4-18-10)5-15-9-8(12)6-16-11(13-2)17-9/h3-4,6-7H,5H2,1-2H3,(H2,13,15,16,17). The van der Waals surface area contributed by atoms with Gasteiger partial charge in [0.15, 0.2) is 0 Å². The van der Waals surface area contributed by atoms with Crippen LogP contribution < -0.4 is 10.6 Å². The molecule has 2 rings (SSSR count). The highest BCUT2D eigenvalue weighted by atomic mass is 79.9. The summed E-state index contributed by atoms with van der Waals surface area (Å²) in [7, 11) is 1.80. The molecule has 0 aliphatic heterocycles. The summed E-state index contributed by atoms with van der Waals surface area (Å²) >= 11 is 5.10. The molecule has 18 heavy (non-hydrogen) atoms. The van der Waals surface area contributed by atoms with E-state index < -0.39 is 0 Å². The Labute approximate surface area is 118 Å². The van der Waals surface area contributed by atoms with Crippen LogP contribution in [0, 0.1) is 0 Å². The van der Waals surface area contributed by atoms with Gasteiger partial charge >= 0.3 is 0 Å². The van der Waals surface area contributed by atoms with Crippen LogP contribution in [0.25, 0.3) is 0 Å². The summed E-state index contributed by atoms with van der Waals surface area (Å²) < 4.78 is 0.854. The topological polar surface area (TPSA) is 62.7 Å². The zero-order chi connectivity index (χ0) is 13.0. The fraction of sp³-hybridized carbons (Fsp3) is 0.364. The summed E-state index contributed by atoms with van der Waals surface area (Å²) in [5.74, 6) is 1.74. The Hall–Kier alpha value is -1.21. The normalized spacial score (nSPS) is 12.2. The Morgan fingerprint density at radius 1 is 1.44 bits per heavy atom. The van der Waals surface area contributed by atoms with Crippen molar-refractivity contribution in [2.45, 2.75) is 12.8 Å². The van der Waals surface area contributed by atoms with E-state index in [0.717, 1.165) is 21.8 Å². The van der Waals surface area contributed by atoms with Gasteiger partial charge in [0.1, 0.15) is 5.82 Å². The largest absolute Gasteiger partial charge is 0.368 e. The second-order valence-electron chi connectivity index (χ2n) is 3.79. The number of aromatic nitrogens is 3. The average Bonchev–Trinajstić information content (AvgIpc) is 2.91. The predicted octanol–water partition coefficient (Wildman–Crippen LogP) is 2.95. The molecular weight excluding hydrogens is 314 g/mol.